The standard InChI is InChI=1S/C25H23Cl2N3O4/c1-33-22-8-4-7-21(24(22)34-15-16-5-2-3-6-20(16)27)28-29-25(32)17-13-23(31)30(14-17)19-11-9-18(26)10-12-19/h2-12,17,28H,13-15H2,1H3,(H,29,32)/t17-/m0/s1. The van der Waals surface area contributed by atoms with Crippen LogP contribution in [0.25, 0.3) is 0 Å². The fourth-order valence-electron chi connectivity index (χ4n) is 3.67. The summed E-state index contributed by atoms with van der Waals surface area (Å²) >= 11 is 12.2. The third-order valence-electron chi connectivity index (χ3n) is 5.48. The molecular formula is C25H23Cl2N3O4. The second-order valence-corrected chi connectivity index (χ2v) is 8.56. The second-order valence-electron chi connectivity index (χ2n) is 7.71. The Morgan fingerprint density at radius 2 is 1.82 bits per heavy atom. The SMILES string of the molecule is COc1cccc(NNC(=O)[C@H]2CC(=O)N(c3ccc(Cl)cc3)C2)c1OCc1ccccc1Cl. The molecule has 1 aliphatic rings. The molecule has 0 unspecified atom stereocenters. The summed E-state index contributed by atoms with van der Waals surface area (Å²) in [6.07, 6.45) is 0.115. The number of amides is 2. The van der Waals surface area contributed by atoms with Crippen molar-refractivity contribution in [2.24, 2.45) is 5.92 Å². The quantitative estimate of drug-likeness (QED) is 0.422. The monoisotopic (exact) mass is 499 g/mol. The van der Waals surface area contributed by atoms with Gasteiger partial charge < -0.3 is 14.4 Å². The van der Waals surface area contributed by atoms with Crippen LogP contribution in [0.2, 0.25) is 10.0 Å². The van der Waals surface area contributed by atoms with Crippen molar-refractivity contribution in [3.05, 3.63) is 82.3 Å². The van der Waals surface area contributed by atoms with Gasteiger partial charge in [0.2, 0.25) is 11.8 Å². The Labute approximate surface area is 207 Å². The first-order valence-corrected chi connectivity index (χ1v) is 11.4. The number of carbonyl (C=O) groups is 2. The van der Waals surface area contributed by atoms with Gasteiger partial charge in [0.05, 0.1) is 18.7 Å². The van der Waals surface area contributed by atoms with Gasteiger partial charge in [0.15, 0.2) is 11.5 Å². The van der Waals surface area contributed by atoms with E-state index in [2.05, 4.69) is 10.9 Å². The highest BCUT2D eigenvalue weighted by Crippen LogP contribution is 2.36. The number of nitrogens with zero attached hydrogens (tertiary/aromatic N) is 1. The number of ether oxygens (including phenoxy) is 2. The Bertz CT molecular complexity index is 1190. The molecule has 1 fully saturated rings. The van der Waals surface area contributed by atoms with Crippen molar-refractivity contribution in [3.63, 3.8) is 0 Å². The van der Waals surface area contributed by atoms with Crippen LogP contribution in [-0.4, -0.2) is 25.5 Å². The van der Waals surface area contributed by atoms with Gasteiger partial charge in [-0.3, -0.25) is 20.4 Å². The van der Waals surface area contributed by atoms with Crippen LogP contribution in [-0.2, 0) is 16.2 Å². The predicted molar refractivity (Wildman–Crippen MR) is 132 cm³/mol. The molecule has 3 aromatic rings. The van der Waals surface area contributed by atoms with Gasteiger partial charge in [0.1, 0.15) is 6.61 Å². The molecule has 3 aromatic carbocycles. The highest BCUT2D eigenvalue weighted by molar-refractivity contribution is 6.31. The highest BCUT2D eigenvalue weighted by atomic mass is 35.5. The zero-order valence-electron chi connectivity index (χ0n) is 18.4. The molecule has 1 aliphatic heterocycles. The van der Waals surface area contributed by atoms with Gasteiger partial charge in [-0.25, -0.2) is 0 Å². The molecule has 1 saturated heterocycles. The molecule has 0 radical (unpaired) electrons. The van der Waals surface area contributed by atoms with Crippen LogP contribution < -0.4 is 25.2 Å². The van der Waals surface area contributed by atoms with E-state index >= 15 is 0 Å². The molecule has 2 amide bonds. The maximum atomic E-state index is 12.8. The lowest BCUT2D eigenvalue weighted by molar-refractivity contribution is -0.125. The number of carbonyl (C=O) groups excluding carboxylic acids is 2. The number of benzene rings is 3. The lowest BCUT2D eigenvalue weighted by atomic mass is 10.1. The first-order chi connectivity index (χ1) is 16.5. The zero-order chi connectivity index (χ0) is 24.1. The van der Waals surface area contributed by atoms with Crippen molar-refractivity contribution in [3.8, 4) is 11.5 Å². The Kier molecular flexibility index (Phi) is 7.45. The molecule has 7 nitrogen and oxygen atoms in total. The molecule has 0 saturated carbocycles. The fourth-order valence-corrected chi connectivity index (χ4v) is 3.99. The van der Waals surface area contributed by atoms with Gasteiger partial charge in [-0.15, -0.1) is 0 Å². The van der Waals surface area contributed by atoms with Crippen molar-refractivity contribution in [1.29, 1.82) is 0 Å². The summed E-state index contributed by atoms with van der Waals surface area (Å²) in [6, 6.07) is 19.6. The van der Waals surface area contributed by atoms with Crippen LogP contribution in [0.15, 0.2) is 66.7 Å². The molecule has 176 valence electrons. The largest absolute Gasteiger partial charge is 0.493 e. The van der Waals surface area contributed by atoms with Crippen LogP contribution >= 0.6 is 23.2 Å². The number of hydrogen-bond acceptors (Lipinski definition) is 5. The summed E-state index contributed by atoms with van der Waals surface area (Å²) in [5, 5.41) is 1.18. The van der Waals surface area contributed by atoms with E-state index in [0.29, 0.717) is 32.9 Å². The summed E-state index contributed by atoms with van der Waals surface area (Å²) in [5.41, 5.74) is 7.64. The third-order valence-corrected chi connectivity index (χ3v) is 6.10. The topological polar surface area (TPSA) is 79.9 Å². The third kappa shape index (κ3) is 5.38. The Morgan fingerprint density at radius 1 is 1.06 bits per heavy atom. The van der Waals surface area contributed by atoms with Gasteiger partial charge in [-0.05, 0) is 42.5 Å². The number of nitrogens with one attached hydrogen (secondary N) is 2. The summed E-state index contributed by atoms with van der Waals surface area (Å²) in [7, 11) is 1.54. The summed E-state index contributed by atoms with van der Waals surface area (Å²) < 4.78 is 11.4. The molecule has 0 aromatic heterocycles. The van der Waals surface area contributed by atoms with Gasteiger partial charge >= 0.3 is 0 Å². The number of methoxy groups -OCH3 is 1. The summed E-state index contributed by atoms with van der Waals surface area (Å²) in [4.78, 5) is 26.9. The molecule has 0 aliphatic carbocycles. The van der Waals surface area contributed by atoms with Crippen molar-refractivity contribution in [2.75, 3.05) is 24.0 Å². The van der Waals surface area contributed by atoms with E-state index in [0.717, 1.165) is 5.56 Å². The van der Waals surface area contributed by atoms with E-state index in [1.165, 1.54) is 7.11 Å². The number of hydrogen-bond donors (Lipinski definition) is 2. The van der Waals surface area contributed by atoms with E-state index in [1.54, 1.807) is 53.4 Å². The lowest BCUT2D eigenvalue weighted by Crippen LogP contribution is -2.36. The molecule has 1 heterocycles. The summed E-state index contributed by atoms with van der Waals surface area (Å²) in [6.45, 7) is 0.498. The average molecular weight is 500 g/mol. The lowest BCUT2D eigenvalue weighted by Gasteiger charge is -2.19. The van der Waals surface area contributed by atoms with Crippen LogP contribution in [0.5, 0.6) is 11.5 Å². The minimum absolute atomic E-state index is 0.115. The normalized spacial score (nSPS) is 15.2. The average Bonchev–Trinajstić information content (AvgIpc) is 3.24. The minimum atomic E-state index is -0.506. The highest BCUT2D eigenvalue weighted by Gasteiger charge is 2.35. The molecule has 4 rings (SSSR count). The molecule has 1 atom stereocenters. The molecule has 34 heavy (non-hydrogen) atoms. The van der Waals surface area contributed by atoms with Crippen molar-refractivity contribution < 1.29 is 19.1 Å². The predicted octanol–water partition coefficient (Wildman–Crippen LogP) is 5.08. The second kappa shape index (κ2) is 10.7. The first kappa shape index (κ1) is 23.7. The van der Waals surface area contributed by atoms with Gasteiger partial charge in [0.25, 0.3) is 0 Å². The van der Waals surface area contributed by atoms with Crippen LogP contribution in [0.3, 0.4) is 0 Å². The minimum Gasteiger partial charge on any atom is -0.493 e. The maximum Gasteiger partial charge on any atom is 0.243 e. The molecule has 0 spiro atoms. The molecule has 0 bridgehead atoms. The van der Waals surface area contributed by atoms with Gasteiger partial charge in [-0.1, -0.05) is 47.5 Å². The van der Waals surface area contributed by atoms with Crippen molar-refractivity contribution in [2.45, 2.75) is 13.0 Å². The zero-order valence-corrected chi connectivity index (χ0v) is 19.9. The van der Waals surface area contributed by atoms with Crippen molar-refractivity contribution in [1.82, 2.24) is 5.43 Å². The Hall–Kier alpha value is -3.42. The molecule has 2 N–H and O–H groups in total. The van der Waals surface area contributed by atoms with Crippen LogP contribution in [0.4, 0.5) is 11.4 Å². The number of hydrazine groups is 1. The van der Waals surface area contributed by atoms with Crippen LogP contribution in [0.1, 0.15) is 12.0 Å². The number of rotatable bonds is 8. The van der Waals surface area contributed by atoms with E-state index in [-0.39, 0.29) is 31.4 Å². The summed E-state index contributed by atoms with van der Waals surface area (Å²) in [5.74, 6) is -0.00199. The van der Waals surface area contributed by atoms with E-state index in [1.807, 2.05) is 18.2 Å². The van der Waals surface area contributed by atoms with E-state index < -0.39 is 5.92 Å². The smallest absolute Gasteiger partial charge is 0.243 e. The van der Waals surface area contributed by atoms with E-state index in [9.17, 15) is 9.59 Å². The first-order valence-electron chi connectivity index (χ1n) is 10.6. The van der Waals surface area contributed by atoms with Gasteiger partial charge in [-0.2, -0.15) is 0 Å². The number of para-hydroxylation sites is 1. The number of halogens is 2. The number of anilines is 2. The maximum absolute atomic E-state index is 12.8. The molecule has 9 heteroatoms. The molecular weight excluding hydrogens is 477 g/mol. The van der Waals surface area contributed by atoms with Crippen LogP contribution in [0, 0.1) is 5.92 Å². The van der Waals surface area contributed by atoms with E-state index in [4.69, 9.17) is 32.7 Å². The Balaban J connectivity index is 1.42. The Morgan fingerprint density at radius 3 is 2.56 bits per heavy atom. The van der Waals surface area contributed by atoms with Gasteiger partial charge in [0, 0.05) is 34.3 Å². The van der Waals surface area contributed by atoms with Crippen molar-refractivity contribution >= 4 is 46.4 Å². The fraction of sp³-hybridized carbons (Fsp3) is 0.200.